The van der Waals surface area contributed by atoms with Crippen molar-refractivity contribution in [2.24, 2.45) is 0 Å². The molecule has 0 amide bonds. The molecule has 0 aliphatic carbocycles. The Morgan fingerprint density at radius 1 is 1.00 bits per heavy atom. The molecular formula is C17H18O7. The minimum Gasteiger partial charge on any atom is -0.508 e. The smallest absolute Gasteiger partial charge is 0.202 e. The number of rotatable bonds is 3. The number of fused-ring (bicyclic) bond motifs is 1. The van der Waals surface area contributed by atoms with E-state index in [2.05, 4.69) is 0 Å². The molecule has 7 heteroatoms. The monoisotopic (exact) mass is 334 g/mol. The number of phenolic OH excluding ortho intramolecular Hbond substituents is 3. The summed E-state index contributed by atoms with van der Waals surface area (Å²) < 4.78 is 15.9. The lowest BCUT2D eigenvalue weighted by Gasteiger charge is -2.32. The average Bonchev–Trinajstić information content (AvgIpc) is 2.53. The molecule has 1 aliphatic heterocycles. The fourth-order valence-corrected chi connectivity index (χ4v) is 2.91. The number of phenols is 3. The van der Waals surface area contributed by atoms with Crippen LogP contribution in [-0.4, -0.2) is 40.7 Å². The van der Waals surface area contributed by atoms with Crippen LogP contribution in [0.15, 0.2) is 24.3 Å². The van der Waals surface area contributed by atoms with Gasteiger partial charge in [-0.1, -0.05) is 0 Å². The summed E-state index contributed by atoms with van der Waals surface area (Å²) in [6, 6.07) is 5.59. The van der Waals surface area contributed by atoms with E-state index in [1.54, 1.807) is 0 Å². The molecule has 128 valence electrons. The van der Waals surface area contributed by atoms with Gasteiger partial charge in [0.25, 0.3) is 0 Å². The van der Waals surface area contributed by atoms with Gasteiger partial charge >= 0.3 is 0 Å². The SMILES string of the molecule is COc1cc(O)cc2c1CC(O)C(c1cc(O)c(OC)c(O)c1)O2. The third-order valence-corrected chi connectivity index (χ3v) is 3.99. The van der Waals surface area contributed by atoms with Gasteiger partial charge in [-0.25, -0.2) is 0 Å². The Bertz CT molecular complexity index is 749. The lowest BCUT2D eigenvalue weighted by Crippen LogP contribution is -2.30. The molecule has 24 heavy (non-hydrogen) atoms. The first-order valence-electron chi connectivity index (χ1n) is 7.29. The van der Waals surface area contributed by atoms with Crippen molar-refractivity contribution in [2.45, 2.75) is 18.6 Å². The van der Waals surface area contributed by atoms with Crippen LogP contribution in [-0.2, 0) is 6.42 Å². The van der Waals surface area contributed by atoms with Gasteiger partial charge in [0.05, 0.1) is 20.3 Å². The van der Waals surface area contributed by atoms with E-state index in [1.165, 1.54) is 38.5 Å². The van der Waals surface area contributed by atoms with E-state index < -0.39 is 12.2 Å². The highest BCUT2D eigenvalue weighted by atomic mass is 16.5. The molecule has 2 atom stereocenters. The minimum absolute atomic E-state index is 0.0267. The summed E-state index contributed by atoms with van der Waals surface area (Å²) in [5.74, 6) is 0.190. The zero-order valence-electron chi connectivity index (χ0n) is 13.2. The number of ether oxygens (including phenoxy) is 3. The summed E-state index contributed by atoms with van der Waals surface area (Å²) in [5.41, 5.74) is 1.02. The molecule has 0 spiro atoms. The predicted molar refractivity (Wildman–Crippen MR) is 84.1 cm³/mol. The van der Waals surface area contributed by atoms with E-state index in [-0.39, 0.29) is 29.4 Å². The number of hydrogen-bond donors (Lipinski definition) is 4. The van der Waals surface area contributed by atoms with E-state index in [9.17, 15) is 20.4 Å². The first-order valence-corrected chi connectivity index (χ1v) is 7.29. The second kappa shape index (κ2) is 6.01. The molecule has 0 radical (unpaired) electrons. The Hall–Kier alpha value is -2.80. The van der Waals surface area contributed by atoms with Crippen molar-refractivity contribution in [3.05, 3.63) is 35.4 Å². The number of hydrogen-bond acceptors (Lipinski definition) is 7. The van der Waals surface area contributed by atoms with Gasteiger partial charge in [0.15, 0.2) is 17.6 Å². The highest BCUT2D eigenvalue weighted by Crippen LogP contribution is 2.45. The largest absolute Gasteiger partial charge is 0.508 e. The van der Waals surface area contributed by atoms with Gasteiger partial charge in [0.1, 0.15) is 17.2 Å². The maximum Gasteiger partial charge on any atom is 0.202 e. The summed E-state index contributed by atoms with van der Waals surface area (Å²) >= 11 is 0. The summed E-state index contributed by atoms with van der Waals surface area (Å²) in [5, 5.41) is 40.0. The number of aliphatic hydroxyl groups excluding tert-OH is 1. The molecule has 2 aromatic rings. The van der Waals surface area contributed by atoms with Crippen LogP contribution >= 0.6 is 0 Å². The quantitative estimate of drug-likeness (QED) is 0.678. The fourth-order valence-electron chi connectivity index (χ4n) is 2.91. The number of methoxy groups -OCH3 is 2. The summed E-state index contributed by atoms with van der Waals surface area (Å²) in [6.07, 6.45) is -1.52. The van der Waals surface area contributed by atoms with Crippen molar-refractivity contribution in [3.63, 3.8) is 0 Å². The van der Waals surface area contributed by atoms with Gasteiger partial charge in [-0.2, -0.15) is 0 Å². The Kier molecular flexibility index (Phi) is 4.02. The maximum atomic E-state index is 10.4. The first kappa shape index (κ1) is 16.1. The van der Waals surface area contributed by atoms with Crippen molar-refractivity contribution in [1.82, 2.24) is 0 Å². The zero-order valence-corrected chi connectivity index (χ0v) is 13.2. The first-order chi connectivity index (χ1) is 11.4. The van der Waals surface area contributed by atoms with Crippen molar-refractivity contribution in [2.75, 3.05) is 14.2 Å². The van der Waals surface area contributed by atoms with Crippen molar-refractivity contribution in [1.29, 1.82) is 0 Å². The summed E-state index contributed by atoms with van der Waals surface area (Å²) in [4.78, 5) is 0. The summed E-state index contributed by atoms with van der Waals surface area (Å²) in [7, 11) is 2.79. The lowest BCUT2D eigenvalue weighted by molar-refractivity contribution is 0.0195. The number of aromatic hydroxyl groups is 3. The van der Waals surface area contributed by atoms with E-state index in [0.717, 1.165) is 0 Å². The third-order valence-electron chi connectivity index (χ3n) is 3.99. The van der Waals surface area contributed by atoms with E-state index in [0.29, 0.717) is 22.6 Å². The van der Waals surface area contributed by atoms with Crippen LogP contribution in [0.2, 0.25) is 0 Å². The molecular weight excluding hydrogens is 316 g/mol. The molecule has 0 saturated carbocycles. The zero-order chi connectivity index (χ0) is 17.4. The lowest BCUT2D eigenvalue weighted by atomic mass is 9.93. The molecule has 0 aromatic heterocycles. The Labute approximate surface area is 138 Å². The van der Waals surface area contributed by atoms with Gasteiger partial charge in [-0.05, 0) is 12.1 Å². The van der Waals surface area contributed by atoms with Gasteiger partial charge in [0, 0.05) is 29.7 Å². The Morgan fingerprint density at radius 3 is 2.25 bits per heavy atom. The normalized spacial score (nSPS) is 19.3. The Morgan fingerprint density at radius 2 is 1.67 bits per heavy atom. The van der Waals surface area contributed by atoms with E-state index in [1.807, 2.05) is 0 Å². The third kappa shape index (κ3) is 2.63. The molecule has 1 heterocycles. The standard InChI is InChI=1S/C17H18O7/c1-22-14-5-9(18)6-15-10(14)7-13(21)16(24-15)8-3-11(19)17(23-2)12(20)4-8/h3-6,13,16,18-21H,7H2,1-2H3. The average molecular weight is 334 g/mol. The molecule has 0 bridgehead atoms. The fraction of sp³-hybridized carbons (Fsp3) is 0.294. The van der Waals surface area contributed by atoms with Crippen LogP contribution in [0.5, 0.6) is 34.5 Å². The minimum atomic E-state index is -0.928. The van der Waals surface area contributed by atoms with Gasteiger partial charge in [-0.3, -0.25) is 0 Å². The van der Waals surface area contributed by atoms with Crippen molar-refractivity contribution >= 4 is 0 Å². The van der Waals surface area contributed by atoms with Gasteiger partial charge < -0.3 is 34.6 Å². The van der Waals surface area contributed by atoms with E-state index in [4.69, 9.17) is 14.2 Å². The highest BCUT2D eigenvalue weighted by Gasteiger charge is 2.33. The Balaban J connectivity index is 2.01. The molecule has 1 aliphatic rings. The van der Waals surface area contributed by atoms with Crippen LogP contribution in [0.4, 0.5) is 0 Å². The van der Waals surface area contributed by atoms with Crippen LogP contribution in [0.3, 0.4) is 0 Å². The highest BCUT2D eigenvalue weighted by molar-refractivity contribution is 5.55. The maximum absolute atomic E-state index is 10.4. The molecule has 0 saturated heterocycles. The second-order valence-electron chi connectivity index (χ2n) is 5.53. The summed E-state index contributed by atoms with van der Waals surface area (Å²) in [6.45, 7) is 0. The second-order valence-corrected chi connectivity index (χ2v) is 5.53. The van der Waals surface area contributed by atoms with Crippen LogP contribution in [0.25, 0.3) is 0 Å². The molecule has 2 aromatic carbocycles. The molecule has 2 unspecified atom stereocenters. The molecule has 7 nitrogen and oxygen atoms in total. The number of benzene rings is 2. The predicted octanol–water partition coefficient (Wildman–Crippen LogP) is 1.86. The molecule has 3 rings (SSSR count). The van der Waals surface area contributed by atoms with E-state index >= 15 is 0 Å². The molecule has 0 fully saturated rings. The topological polar surface area (TPSA) is 109 Å². The van der Waals surface area contributed by atoms with Crippen molar-refractivity contribution < 1.29 is 34.6 Å². The van der Waals surface area contributed by atoms with Crippen LogP contribution < -0.4 is 14.2 Å². The van der Waals surface area contributed by atoms with Gasteiger partial charge in [-0.15, -0.1) is 0 Å². The molecule has 4 N–H and O–H groups in total. The van der Waals surface area contributed by atoms with Crippen LogP contribution in [0, 0.1) is 0 Å². The van der Waals surface area contributed by atoms with Crippen LogP contribution in [0.1, 0.15) is 17.2 Å². The number of aliphatic hydroxyl groups is 1. The van der Waals surface area contributed by atoms with Crippen molar-refractivity contribution in [3.8, 4) is 34.5 Å². The van der Waals surface area contributed by atoms with Gasteiger partial charge in [0.2, 0.25) is 5.75 Å².